The molecule has 0 saturated heterocycles. The zero-order valence-corrected chi connectivity index (χ0v) is 10.0. The van der Waals surface area contributed by atoms with Gasteiger partial charge in [0.05, 0.1) is 22.6 Å². The van der Waals surface area contributed by atoms with Crippen LogP contribution in [0.4, 0.5) is 5.82 Å². The molecule has 2 aromatic heterocycles. The molecule has 1 N–H and O–H groups in total. The third kappa shape index (κ3) is 2.35. The number of aromatic carboxylic acids is 1. The molecule has 0 aliphatic carbocycles. The van der Waals surface area contributed by atoms with Gasteiger partial charge in [-0.15, -0.1) is 11.3 Å². The largest absolute Gasteiger partial charge is 0.476 e. The van der Waals surface area contributed by atoms with E-state index in [9.17, 15) is 14.9 Å². The molecule has 0 aliphatic rings. The molecule has 0 aromatic carbocycles. The zero-order chi connectivity index (χ0) is 13.3. The molecule has 0 spiro atoms. The molecule has 0 radical (unpaired) electrons. The maximum Gasteiger partial charge on any atom is 0.392 e. The van der Waals surface area contributed by atoms with E-state index in [1.165, 1.54) is 10.9 Å². The van der Waals surface area contributed by atoms with Gasteiger partial charge in [0.15, 0.2) is 0 Å². The van der Waals surface area contributed by atoms with E-state index < -0.39 is 10.9 Å². The van der Waals surface area contributed by atoms with Gasteiger partial charge in [-0.1, -0.05) is 0 Å². The molecule has 94 valence electrons. The molecule has 2 heterocycles. The van der Waals surface area contributed by atoms with Gasteiger partial charge in [-0.2, -0.15) is 4.68 Å². The van der Waals surface area contributed by atoms with Crippen LogP contribution in [0.1, 0.15) is 21.1 Å². The van der Waals surface area contributed by atoms with E-state index >= 15 is 0 Å². The summed E-state index contributed by atoms with van der Waals surface area (Å²) >= 11 is 1.01. The highest BCUT2D eigenvalue weighted by Gasteiger charge is 2.18. The normalized spacial score (nSPS) is 10.5. The fourth-order valence-electron chi connectivity index (χ4n) is 1.42. The maximum absolute atomic E-state index is 10.7. The molecular weight excluding hydrogens is 260 g/mol. The number of carboxylic acids is 1. The van der Waals surface area contributed by atoms with E-state index in [1.807, 2.05) is 0 Å². The summed E-state index contributed by atoms with van der Waals surface area (Å²) in [5.74, 6) is -1.29. The number of nitrogens with zero attached hydrogens (tertiary/aromatic N) is 4. The number of carbonyl (C=O) groups is 1. The first-order chi connectivity index (χ1) is 8.47. The minimum atomic E-state index is -1.09. The fraction of sp³-hybridized carbons (Fsp3) is 0.222. The first kappa shape index (κ1) is 12.2. The topological polar surface area (TPSA) is 111 Å². The summed E-state index contributed by atoms with van der Waals surface area (Å²) in [7, 11) is 0. The molecule has 0 aliphatic heterocycles. The SMILES string of the molecule is Cc1cn(Cc2csc(C(=O)O)n2)nc1[N+](=O)[O-]. The van der Waals surface area contributed by atoms with Gasteiger partial charge in [0.1, 0.15) is 6.54 Å². The Morgan fingerprint density at radius 2 is 2.39 bits per heavy atom. The number of nitro groups is 1. The van der Waals surface area contributed by atoms with E-state index in [4.69, 9.17) is 5.11 Å². The van der Waals surface area contributed by atoms with Crippen molar-refractivity contribution in [3.8, 4) is 0 Å². The van der Waals surface area contributed by atoms with Crippen LogP contribution in [0.25, 0.3) is 0 Å². The molecule has 0 atom stereocenters. The van der Waals surface area contributed by atoms with Gasteiger partial charge < -0.3 is 15.2 Å². The highest BCUT2D eigenvalue weighted by Crippen LogP contribution is 2.16. The van der Waals surface area contributed by atoms with Crippen molar-refractivity contribution in [3.05, 3.63) is 38.0 Å². The Bertz CT molecular complexity index is 618. The Labute approximate surface area is 105 Å². The Balaban J connectivity index is 2.20. The number of thiazole rings is 1. The smallest absolute Gasteiger partial charge is 0.392 e. The predicted molar refractivity (Wildman–Crippen MR) is 61.8 cm³/mol. The minimum Gasteiger partial charge on any atom is -0.476 e. The molecule has 2 rings (SSSR count). The molecule has 2 aromatic rings. The van der Waals surface area contributed by atoms with E-state index in [0.717, 1.165) is 11.3 Å². The van der Waals surface area contributed by atoms with Crippen LogP contribution in [0.5, 0.6) is 0 Å². The summed E-state index contributed by atoms with van der Waals surface area (Å²) < 4.78 is 1.37. The van der Waals surface area contributed by atoms with Crippen LogP contribution < -0.4 is 0 Å². The average molecular weight is 268 g/mol. The van der Waals surface area contributed by atoms with E-state index in [2.05, 4.69) is 10.1 Å². The lowest BCUT2D eigenvalue weighted by Crippen LogP contribution is -2.03. The second-order valence-electron chi connectivity index (χ2n) is 3.54. The molecule has 0 amide bonds. The Morgan fingerprint density at radius 3 is 2.89 bits per heavy atom. The Hall–Kier alpha value is -2.29. The van der Waals surface area contributed by atoms with Crippen molar-refractivity contribution in [2.24, 2.45) is 0 Å². The van der Waals surface area contributed by atoms with E-state index in [0.29, 0.717) is 11.3 Å². The lowest BCUT2D eigenvalue weighted by atomic mass is 10.4. The standard InChI is InChI=1S/C9H8N4O4S/c1-5-2-12(11-7(5)13(16)17)3-6-4-18-8(10-6)9(14)15/h2,4H,3H2,1H3,(H,14,15). The summed E-state index contributed by atoms with van der Waals surface area (Å²) in [5.41, 5.74) is 0.962. The maximum atomic E-state index is 10.7. The van der Waals surface area contributed by atoms with Crippen LogP contribution in [-0.4, -0.2) is 30.8 Å². The van der Waals surface area contributed by atoms with Crippen LogP contribution in [0.3, 0.4) is 0 Å². The monoisotopic (exact) mass is 268 g/mol. The number of aromatic nitrogens is 3. The third-order valence-corrected chi connectivity index (χ3v) is 3.03. The molecule has 18 heavy (non-hydrogen) atoms. The van der Waals surface area contributed by atoms with E-state index in [1.54, 1.807) is 12.3 Å². The average Bonchev–Trinajstić information content (AvgIpc) is 2.86. The third-order valence-electron chi connectivity index (χ3n) is 2.15. The first-order valence-corrected chi connectivity index (χ1v) is 5.71. The van der Waals surface area contributed by atoms with Crippen molar-refractivity contribution in [2.75, 3.05) is 0 Å². The number of hydrogen-bond acceptors (Lipinski definition) is 6. The van der Waals surface area contributed by atoms with Crippen molar-refractivity contribution < 1.29 is 14.8 Å². The number of aryl methyl sites for hydroxylation is 1. The van der Waals surface area contributed by atoms with Gasteiger partial charge in [-0.05, 0) is 11.8 Å². The summed E-state index contributed by atoms with van der Waals surface area (Å²) in [4.78, 5) is 24.6. The highest BCUT2D eigenvalue weighted by molar-refractivity contribution is 7.11. The van der Waals surface area contributed by atoms with Crippen molar-refractivity contribution in [1.82, 2.24) is 14.8 Å². The quantitative estimate of drug-likeness (QED) is 0.660. The molecule has 0 unspecified atom stereocenters. The van der Waals surface area contributed by atoms with Gasteiger partial charge in [0.2, 0.25) is 5.01 Å². The molecular formula is C9H8N4O4S. The number of rotatable bonds is 4. The van der Waals surface area contributed by atoms with Crippen LogP contribution >= 0.6 is 11.3 Å². The zero-order valence-electron chi connectivity index (χ0n) is 9.23. The van der Waals surface area contributed by atoms with Gasteiger partial charge in [0, 0.05) is 5.38 Å². The van der Waals surface area contributed by atoms with Crippen LogP contribution in [0.15, 0.2) is 11.6 Å². The van der Waals surface area contributed by atoms with Gasteiger partial charge in [-0.3, -0.25) is 0 Å². The lowest BCUT2D eigenvalue weighted by Gasteiger charge is -1.91. The van der Waals surface area contributed by atoms with Crippen molar-refractivity contribution >= 4 is 23.1 Å². The van der Waals surface area contributed by atoms with Gasteiger partial charge in [0.25, 0.3) is 0 Å². The minimum absolute atomic E-state index is 0.0108. The lowest BCUT2D eigenvalue weighted by molar-refractivity contribution is -0.390. The summed E-state index contributed by atoms with van der Waals surface area (Å²) in [6, 6.07) is 0. The van der Waals surface area contributed by atoms with Crippen LogP contribution in [0.2, 0.25) is 0 Å². The van der Waals surface area contributed by atoms with Crippen molar-refractivity contribution in [1.29, 1.82) is 0 Å². The fourth-order valence-corrected chi connectivity index (χ4v) is 2.06. The second-order valence-corrected chi connectivity index (χ2v) is 4.40. The van der Waals surface area contributed by atoms with Gasteiger partial charge in [-0.25, -0.2) is 9.78 Å². The second kappa shape index (κ2) is 4.53. The molecule has 9 heteroatoms. The van der Waals surface area contributed by atoms with E-state index in [-0.39, 0.29) is 17.4 Å². The Kier molecular flexibility index (Phi) is 3.06. The summed E-state index contributed by atoms with van der Waals surface area (Å²) in [6.07, 6.45) is 1.53. The Morgan fingerprint density at radius 1 is 1.67 bits per heavy atom. The molecule has 0 fully saturated rings. The predicted octanol–water partition coefficient (Wildman–Crippen LogP) is 1.30. The molecule has 8 nitrogen and oxygen atoms in total. The summed E-state index contributed by atoms with van der Waals surface area (Å²) in [5, 5.41) is 24.7. The van der Waals surface area contributed by atoms with Crippen LogP contribution in [0, 0.1) is 17.0 Å². The van der Waals surface area contributed by atoms with Crippen LogP contribution in [-0.2, 0) is 6.54 Å². The first-order valence-electron chi connectivity index (χ1n) is 4.83. The molecule has 0 saturated carbocycles. The van der Waals surface area contributed by atoms with Gasteiger partial charge >= 0.3 is 11.8 Å². The number of hydrogen-bond donors (Lipinski definition) is 1. The highest BCUT2D eigenvalue weighted by atomic mass is 32.1. The summed E-state index contributed by atoms with van der Waals surface area (Å²) in [6.45, 7) is 1.80. The van der Waals surface area contributed by atoms with Crippen molar-refractivity contribution in [3.63, 3.8) is 0 Å². The number of carboxylic acid groups (broad SMARTS) is 1. The molecule has 0 bridgehead atoms. The van der Waals surface area contributed by atoms with Crippen molar-refractivity contribution in [2.45, 2.75) is 13.5 Å².